The van der Waals surface area contributed by atoms with Gasteiger partial charge in [-0.2, -0.15) is 9.49 Å². The fraction of sp³-hybridized carbons (Fsp3) is 0.214. The zero-order valence-corrected chi connectivity index (χ0v) is 12.6. The van der Waals surface area contributed by atoms with Crippen LogP contribution in [-0.4, -0.2) is 38.9 Å². The standard InChI is InChI=1S/C14H9F2N5O4/c1-20-13(17-5-18-20)8-4-24-14(23)21(8)12-7-2-6(3-22)9(15)10(16)11(7)25-19-12/h2-3,5,8H,4H2,1H3/t8-/m1/s1. The van der Waals surface area contributed by atoms with Crippen molar-refractivity contribution in [3.8, 4) is 0 Å². The summed E-state index contributed by atoms with van der Waals surface area (Å²) < 4.78 is 39.1. The van der Waals surface area contributed by atoms with Gasteiger partial charge in [-0.3, -0.25) is 9.48 Å². The molecule has 0 saturated carbocycles. The Morgan fingerprint density at radius 2 is 2.16 bits per heavy atom. The van der Waals surface area contributed by atoms with Gasteiger partial charge in [0.15, 0.2) is 23.7 Å². The Labute approximate surface area is 137 Å². The van der Waals surface area contributed by atoms with Crippen LogP contribution in [0.1, 0.15) is 22.2 Å². The number of aldehydes is 1. The van der Waals surface area contributed by atoms with Gasteiger partial charge in [-0.05, 0) is 6.07 Å². The fourth-order valence-corrected chi connectivity index (χ4v) is 2.73. The third-order valence-corrected chi connectivity index (χ3v) is 3.93. The second kappa shape index (κ2) is 5.33. The van der Waals surface area contributed by atoms with Crippen molar-refractivity contribution >= 4 is 29.2 Å². The molecule has 1 atom stereocenters. The van der Waals surface area contributed by atoms with E-state index in [1.165, 1.54) is 11.0 Å². The van der Waals surface area contributed by atoms with E-state index in [0.717, 1.165) is 11.0 Å². The molecule has 3 heterocycles. The minimum Gasteiger partial charge on any atom is -0.446 e. The molecule has 1 amide bonds. The Balaban J connectivity index is 1.91. The molecule has 0 N–H and O–H groups in total. The number of aryl methyl sites for hydroxylation is 1. The highest BCUT2D eigenvalue weighted by molar-refractivity contribution is 6.01. The Kier molecular flexibility index (Phi) is 3.23. The highest BCUT2D eigenvalue weighted by Crippen LogP contribution is 2.37. The van der Waals surface area contributed by atoms with E-state index >= 15 is 0 Å². The van der Waals surface area contributed by atoms with E-state index in [4.69, 9.17) is 9.26 Å². The SMILES string of the molecule is Cn1ncnc1[C@H]1COC(=O)N1c1noc2c(F)c(F)c(C=O)cc12. The van der Waals surface area contributed by atoms with Crippen molar-refractivity contribution in [3.63, 3.8) is 0 Å². The third-order valence-electron chi connectivity index (χ3n) is 3.93. The number of rotatable bonds is 3. The Bertz CT molecular complexity index is 1010. The normalized spacial score (nSPS) is 17.3. The van der Waals surface area contributed by atoms with E-state index in [0.29, 0.717) is 5.82 Å². The minimum atomic E-state index is -1.36. The van der Waals surface area contributed by atoms with Gasteiger partial charge in [-0.1, -0.05) is 5.16 Å². The average molecular weight is 349 g/mol. The van der Waals surface area contributed by atoms with Crippen LogP contribution in [0.4, 0.5) is 19.4 Å². The lowest BCUT2D eigenvalue weighted by molar-refractivity contribution is 0.111. The van der Waals surface area contributed by atoms with Gasteiger partial charge in [0, 0.05) is 7.05 Å². The predicted octanol–water partition coefficient (Wildman–Crippen LogP) is 1.74. The van der Waals surface area contributed by atoms with Crippen molar-refractivity contribution in [3.05, 3.63) is 35.4 Å². The molecular weight excluding hydrogens is 340 g/mol. The van der Waals surface area contributed by atoms with Crippen molar-refractivity contribution in [2.24, 2.45) is 7.05 Å². The average Bonchev–Trinajstić information content (AvgIpc) is 3.29. The summed E-state index contributed by atoms with van der Waals surface area (Å²) in [5, 5.41) is 7.56. The van der Waals surface area contributed by atoms with Gasteiger partial charge in [-0.25, -0.2) is 19.1 Å². The van der Waals surface area contributed by atoms with Crippen molar-refractivity contribution in [2.75, 3.05) is 11.5 Å². The number of hydrogen-bond donors (Lipinski definition) is 0. The Hall–Kier alpha value is -3.37. The molecule has 0 radical (unpaired) electrons. The molecule has 9 nitrogen and oxygen atoms in total. The van der Waals surface area contributed by atoms with Gasteiger partial charge in [-0.15, -0.1) is 0 Å². The quantitative estimate of drug-likeness (QED) is 0.664. The summed E-state index contributed by atoms with van der Waals surface area (Å²) in [5.74, 6) is -2.41. The van der Waals surface area contributed by atoms with Gasteiger partial charge in [0.05, 0.1) is 10.9 Å². The van der Waals surface area contributed by atoms with Crippen LogP contribution in [0.2, 0.25) is 0 Å². The van der Waals surface area contributed by atoms with Crippen LogP contribution in [0.15, 0.2) is 16.9 Å². The second-order valence-corrected chi connectivity index (χ2v) is 5.30. The zero-order chi connectivity index (χ0) is 17.7. The maximum Gasteiger partial charge on any atom is 0.416 e. The third kappa shape index (κ3) is 2.08. The second-order valence-electron chi connectivity index (χ2n) is 5.30. The molecule has 11 heteroatoms. The number of amides is 1. The maximum absolute atomic E-state index is 14.0. The molecule has 0 spiro atoms. The molecule has 128 valence electrons. The van der Waals surface area contributed by atoms with Crippen LogP contribution < -0.4 is 4.90 Å². The number of carbonyl (C=O) groups is 2. The molecule has 0 unspecified atom stereocenters. The number of carbonyl (C=O) groups excluding carboxylic acids is 2. The van der Waals surface area contributed by atoms with E-state index in [1.807, 2.05) is 0 Å². The highest BCUT2D eigenvalue weighted by Gasteiger charge is 2.41. The molecule has 0 aliphatic carbocycles. The van der Waals surface area contributed by atoms with E-state index in [2.05, 4.69) is 15.2 Å². The Morgan fingerprint density at radius 1 is 1.36 bits per heavy atom. The van der Waals surface area contributed by atoms with Crippen LogP contribution >= 0.6 is 0 Å². The van der Waals surface area contributed by atoms with E-state index in [9.17, 15) is 18.4 Å². The van der Waals surface area contributed by atoms with Crippen LogP contribution in [0.25, 0.3) is 11.0 Å². The molecule has 1 fully saturated rings. The number of nitrogens with zero attached hydrogens (tertiary/aromatic N) is 5. The summed E-state index contributed by atoms with van der Waals surface area (Å²) in [6.07, 6.45) is 0.703. The summed E-state index contributed by atoms with van der Waals surface area (Å²) in [6.45, 7) is -0.0378. The number of benzene rings is 1. The molecule has 3 aromatic rings. The number of aromatic nitrogens is 4. The number of ether oxygens (including phenoxy) is 1. The topological polar surface area (TPSA) is 103 Å². The first-order valence-electron chi connectivity index (χ1n) is 7.05. The monoisotopic (exact) mass is 349 g/mol. The minimum absolute atomic E-state index is 0.0352. The lowest BCUT2D eigenvalue weighted by Crippen LogP contribution is -2.29. The zero-order valence-electron chi connectivity index (χ0n) is 12.6. The van der Waals surface area contributed by atoms with E-state index in [-0.39, 0.29) is 24.1 Å². The molecule has 25 heavy (non-hydrogen) atoms. The highest BCUT2D eigenvalue weighted by atomic mass is 19.2. The molecule has 1 aliphatic heterocycles. The molecule has 0 bridgehead atoms. The summed E-state index contributed by atoms with van der Waals surface area (Å²) in [5.41, 5.74) is -1.02. The first kappa shape index (κ1) is 15.2. The summed E-state index contributed by atoms with van der Waals surface area (Å²) in [7, 11) is 1.63. The van der Waals surface area contributed by atoms with Crippen LogP contribution in [0.5, 0.6) is 0 Å². The molecule has 1 saturated heterocycles. The van der Waals surface area contributed by atoms with Gasteiger partial charge in [0.1, 0.15) is 19.0 Å². The van der Waals surface area contributed by atoms with Crippen LogP contribution in [-0.2, 0) is 11.8 Å². The number of cyclic esters (lactones) is 1. The van der Waals surface area contributed by atoms with Crippen molar-refractivity contribution in [1.82, 2.24) is 19.9 Å². The Morgan fingerprint density at radius 3 is 2.84 bits per heavy atom. The summed E-state index contributed by atoms with van der Waals surface area (Å²) in [4.78, 5) is 28.3. The number of fused-ring (bicyclic) bond motifs is 1. The van der Waals surface area contributed by atoms with Crippen molar-refractivity contribution in [1.29, 1.82) is 0 Å². The fourth-order valence-electron chi connectivity index (χ4n) is 2.73. The van der Waals surface area contributed by atoms with Crippen LogP contribution in [0.3, 0.4) is 0 Å². The number of halogens is 2. The van der Waals surface area contributed by atoms with Gasteiger partial charge >= 0.3 is 6.09 Å². The lowest BCUT2D eigenvalue weighted by Gasteiger charge is -2.17. The molecule has 2 aromatic heterocycles. The van der Waals surface area contributed by atoms with Crippen LogP contribution in [0, 0.1) is 11.6 Å². The van der Waals surface area contributed by atoms with Crippen molar-refractivity contribution in [2.45, 2.75) is 6.04 Å². The molecule has 1 aromatic carbocycles. The lowest BCUT2D eigenvalue weighted by atomic mass is 10.1. The summed E-state index contributed by atoms with van der Waals surface area (Å²) >= 11 is 0. The first-order valence-corrected chi connectivity index (χ1v) is 7.05. The first-order chi connectivity index (χ1) is 12.0. The summed E-state index contributed by atoms with van der Waals surface area (Å²) in [6, 6.07) is 0.368. The van der Waals surface area contributed by atoms with Gasteiger partial charge in [0.2, 0.25) is 11.4 Å². The van der Waals surface area contributed by atoms with Crippen molar-refractivity contribution < 1.29 is 27.6 Å². The van der Waals surface area contributed by atoms with Gasteiger partial charge in [0.25, 0.3) is 0 Å². The molecule has 4 rings (SSSR count). The molecular formula is C14H9F2N5O4. The smallest absolute Gasteiger partial charge is 0.416 e. The molecule has 1 aliphatic rings. The predicted molar refractivity (Wildman–Crippen MR) is 76.9 cm³/mol. The maximum atomic E-state index is 14.0. The largest absolute Gasteiger partial charge is 0.446 e. The van der Waals surface area contributed by atoms with E-state index in [1.54, 1.807) is 7.05 Å². The van der Waals surface area contributed by atoms with E-state index < -0.39 is 34.9 Å². The van der Waals surface area contributed by atoms with Gasteiger partial charge < -0.3 is 9.26 Å². The number of hydrogen-bond acceptors (Lipinski definition) is 7. The number of anilines is 1.